The molecule has 0 spiro atoms. The van der Waals surface area contributed by atoms with Crippen LogP contribution in [0.25, 0.3) is 0 Å². The number of aryl methyl sites for hydroxylation is 1. The van der Waals surface area contributed by atoms with Gasteiger partial charge < -0.3 is 10.0 Å². The van der Waals surface area contributed by atoms with E-state index in [2.05, 4.69) is 27.0 Å². The quantitative estimate of drug-likeness (QED) is 0.893. The molecular formula is C19H24N4O2. The maximum Gasteiger partial charge on any atom is 0.273 e. The zero-order chi connectivity index (χ0) is 17.9. The zero-order valence-electron chi connectivity index (χ0n) is 14.7. The SMILES string of the molecule is Cc1cnc(C(=O)N(C)C[C@@]2(O)CCN(Cc3ccccc3)C2)cn1. The van der Waals surface area contributed by atoms with Gasteiger partial charge in [0.15, 0.2) is 0 Å². The zero-order valence-corrected chi connectivity index (χ0v) is 14.7. The van der Waals surface area contributed by atoms with E-state index in [0.29, 0.717) is 18.7 Å². The number of aliphatic hydroxyl groups is 1. The Morgan fingerprint density at radius 1 is 1.28 bits per heavy atom. The predicted molar refractivity (Wildman–Crippen MR) is 95.0 cm³/mol. The van der Waals surface area contributed by atoms with Gasteiger partial charge in [-0.1, -0.05) is 30.3 Å². The minimum absolute atomic E-state index is 0.220. The third-order valence-corrected chi connectivity index (χ3v) is 4.54. The summed E-state index contributed by atoms with van der Waals surface area (Å²) >= 11 is 0. The van der Waals surface area contributed by atoms with Crippen LogP contribution in [0.2, 0.25) is 0 Å². The summed E-state index contributed by atoms with van der Waals surface area (Å²) in [6.45, 7) is 4.29. The first-order valence-corrected chi connectivity index (χ1v) is 8.48. The van der Waals surface area contributed by atoms with Crippen molar-refractivity contribution in [2.24, 2.45) is 0 Å². The molecule has 1 aliphatic heterocycles. The Balaban J connectivity index is 1.58. The Kier molecular flexibility index (Phi) is 5.11. The molecule has 2 heterocycles. The molecule has 6 nitrogen and oxygen atoms in total. The topological polar surface area (TPSA) is 69.6 Å². The molecule has 0 aliphatic carbocycles. The Bertz CT molecular complexity index is 720. The lowest BCUT2D eigenvalue weighted by molar-refractivity contribution is 0.0168. The van der Waals surface area contributed by atoms with Crippen LogP contribution in [-0.4, -0.2) is 63.1 Å². The van der Waals surface area contributed by atoms with Gasteiger partial charge in [-0.2, -0.15) is 0 Å². The molecule has 3 rings (SSSR count). The Morgan fingerprint density at radius 3 is 2.72 bits per heavy atom. The number of hydrogen-bond donors (Lipinski definition) is 1. The average Bonchev–Trinajstić information content (AvgIpc) is 2.96. The van der Waals surface area contributed by atoms with E-state index in [0.717, 1.165) is 18.8 Å². The van der Waals surface area contributed by atoms with Crippen LogP contribution in [-0.2, 0) is 6.54 Å². The maximum absolute atomic E-state index is 12.5. The summed E-state index contributed by atoms with van der Waals surface area (Å²) in [5.41, 5.74) is 1.41. The normalized spacial score (nSPS) is 20.6. The van der Waals surface area contributed by atoms with Crippen molar-refractivity contribution in [3.63, 3.8) is 0 Å². The number of likely N-dealkylation sites (tertiary alicyclic amines) is 1. The van der Waals surface area contributed by atoms with Gasteiger partial charge in [0.1, 0.15) is 5.69 Å². The second kappa shape index (κ2) is 7.29. The van der Waals surface area contributed by atoms with Crippen LogP contribution in [0.4, 0.5) is 0 Å². The van der Waals surface area contributed by atoms with Crippen LogP contribution in [0, 0.1) is 6.92 Å². The molecule has 132 valence electrons. The summed E-state index contributed by atoms with van der Waals surface area (Å²) < 4.78 is 0. The van der Waals surface area contributed by atoms with E-state index in [1.165, 1.54) is 16.7 Å². The molecule has 0 saturated carbocycles. The summed E-state index contributed by atoms with van der Waals surface area (Å²) in [5.74, 6) is -0.220. The summed E-state index contributed by atoms with van der Waals surface area (Å²) in [7, 11) is 1.70. The van der Waals surface area contributed by atoms with Gasteiger partial charge in [-0.15, -0.1) is 0 Å². The number of hydrogen-bond acceptors (Lipinski definition) is 5. The lowest BCUT2D eigenvalue weighted by Gasteiger charge is -2.29. The lowest BCUT2D eigenvalue weighted by Crippen LogP contribution is -2.45. The molecule has 0 radical (unpaired) electrons. The molecule has 0 bridgehead atoms. The molecule has 1 fully saturated rings. The maximum atomic E-state index is 12.5. The first-order valence-electron chi connectivity index (χ1n) is 8.48. The lowest BCUT2D eigenvalue weighted by atomic mass is 10.0. The largest absolute Gasteiger partial charge is 0.387 e. The first kappa shape index (κ1) is 17.5. The highest BCUT2D eigenvalue weighted by Gasteiger charge is 2.38. The fourth-order valence-corrected chi connectivity index (χ4v) is 3.26. The minimum atomic E-state index is -0.892. The molecule has 1 atom stereocenters. The van der Waals surface area contributed by atoms with Crippen LogP contribution < -0.4 is 0 Å². The van der Waals surface area contributed by atoms with Gasteiger partial charge in [0.2, 0.25) is 0 Å². The second-order valence-corrected chi connectivity index (χ2v) is 6.87. The Morgan fingerprint density at radius 2 is 2.04 bits per heavy atom. The number of amides is 1. The molecule has 1 aliphatic rings. The molecule has 0 unspecified atom stereocenters. The van der Waals surface area contributed by atoms with Gasteiger partial charge in [0.25, 0.3) is 5.91 Å². The molecule has 1 aromatic heterocycles. The third-order valence-electron chi connectivity index (χ3n) is 4.54. The van der Waals surface area contributed by atoms with E-state index >= 15 is 0 Å². The van der Waals surface area contributed by atoms with Gasteiger partial charge >= 0.3 is 0 Å². The summed E-state index contributed by atoms with van der Waals surface area (Å²) in [4.78, 5) is 24.4. The van der Waals surface area contributed by atoms with Gasteiger partial charge in [0.05, 0.1) is 24.0 Å². The number of rotatable bonds is 5. The van der Waals surface area contributed by atoms with Crippen molar-refractivity contribution in [2.45, 2.75) is 25.5 Å². The van der Waals surface area contributed by atoms with Crippen molar-refractivity contribution >= 4 is 5.91 Å². The highest BCUT2D eigenvalue weighted by atomic mass is 16.3. The monoisotopic (exact) mass is 340 g/mol. The van der Waals surface area contributed by atoms with Gasteiger partial charge in [-0.05, 0) is 18.9 Å². The molecular weight excluding hydrogens is 316 g/mol. The van der Waals surface area contributed by atoms with Crippen LogP contribution >= 0.6 is 0 Å². The summed E-state index contributed by atoms with van der Waals surface area (Å²) in [6.07, 6.45) is 3.71. The van der Waals surface area contributed by atoms with Crippen LogP contribution in [0.3, 0.4) is 0 Å². The van der Waals surface area contributed by atoms with Gasteiger partial charge in [-0.3, -0.25) is 14.7 Å². The van der Waals surface area contributed by atoms with E-state index in [1.54, 1.807) is 13.2 Å². The molecule has 1 amide bonds. The van der Waals surface area contributed by atoms with E-state index in [4.69, 9.17) is 0 Å². The number of benzene rings is 1. The van der Waals surface area contributed by atoms with Crippen molar-refractivity contribution in [1.82, 2.24) is 19.8 Å². The molecule has 25 heavy (non-hydrogen) atoms. The van der Waals surface area contributed by atoms with Crippen LogP contribution in [0.5, 0.6) is 0 Å². The van der Waals surface area contributed by atoms with E-state index in [9.17, 15) is 9.90 Å². The highest BCUT2D eigenvalue weighted by molar-refractivity contribution is 5.91. The molecule has 2 aromatic rings. The fourth-order valence-electron chi connectivity index (χ4n) is 3.26. The van der Waals surface area contributed by atoms with Crippen molar-refractivity contribution in [1.29, 1.82) is 0 Å². The molecule has 1 aromatic carbocycles. The Labute approximate surface area is 148 Å². The van der Waals surface area contributed by atoms with Crippen LogP contribution in [0.15, 0.2) is 42.7 Å². The van der Waals surface area contributed by atoms with E-state index < -0.39 is 5.60 Å². The number of aromatic nitrogens is 2. The van der Waals surface area contributed by atoms with Crippen LogP contribution in [0.1, 0.15) is 28.2 Å². The van der Waals surface area contributed by atoms with Gasteiger partial charge in [0, 0.05) is 32.9 Å². The Hall–Kier alpha value is -2.31. The standard InChI is InChI=1S/C19H24N4O2/c1-15-10-21-17(11-20-15)18(24)22(2)13-19(25)8-9-23(14-19)12-16-6-4-3-5-7-16/h3-7,10-11,25H,8-9,12-14H2,1-2H3/t19-/m0/s1. The number of carbonyl (C=O) groups excluding carboxylic acids is 1. The average molecular weight is 340 g/mol. The second-order valence-electron chi connectivity index (χ2n) is 6.87. The fraction of sp³-hybridized carbons (Fsp3) is 0.421. The number of carbonyl (C=O) groups is 1. The van der Waals surface area contributed by atoms with E-state index in [1.807, 2.05) is 25.1 Å². The van der Waals surface area contributed by atoms with Crippen molar-refractivity contribution in [2.75, 3.05) is 26.7 Å². The number of nitrogens with zero attached hydrogens (tertiary/aromatic N) is 4. The predicted octanol–water partition coefficient (Wildman–Crippen LogP) is 1.49. The summed E-state index contributed by atoms with van der Waals surface area (Å²) in [6, 6.07) is 10.2. The molecule has 1 saturated heterocycles. The third kappa shape index (κ3) is 4.41. The first-order chi connectivity index (χ1) is 12.0. The van der Waals surface area contributed by atoms with Crippen molar-refractivity contribution in [3.8, 4) is 0 Å². The van der Waals surface area contributed by atoms with Crippen molar-refractivity contribution < 1.29 is 9.90 Å². The smallest absolute Gasteiger partial charge is 0.273 e. The summed E-state index contributed by atoms with van der Waals surface area (Å²) in [5, 5.41) is 10.9. The number of β-amino-alcohol motifs (C(OH)–C–C–N with tert-alkyl or cyclic N) is 1. The highest BCUT2D eigenvalue weighted by Crippen LogP contribution is 2.24. The molecule has 6 heteroatoms. The van der Waals surface area contributed by atoms with Gasteiger partial charge in [-0.25, -0.2) is 4.98 Å². The number of likely N-dealkylation sites (N-methyl/N-ethyl adjacent to an activating group) is 1. The minimum Gasteiger partial charge on any atom is -0.387 e. The van der Waals surface area contributed by atoms with E-state index in [-0.39, 0.29) is 12.5 Å². The molecule has 1 N–H and O–H groups in total. The van der Waals surface area contributed by atoms with Crippen molar-refractivity contribution in [3.05, 3.63) is 59.7 Å².